The van der Waals surface area contributed by atoms with Crippen LogP contribution in [0.25, 0.3) is 0 Å². The van der Waals surface area contributed by atoms with Gasteiger partial charge in [-0.15, -0.1) is 0 Å². The van der Waals surface area contributed by atoms with Gasteiger partial charge in [0.1, 0.15) is 0 Å². The van der Waals surface area contributed by atoms with Crippen molar-refractivity contribution in [3.05, 3.63) is 11.6 Å². The van der Waals surface area contributed by atoms with Crippen molar-refractivity contribution in [2.24, 2.45) is 0 Å². The van der Waals surface area contributed by atoms with E-state index in [1.807, 2.05) is 6.92 Å². The molecule has 2 N–H and O–H groups in total. The molecule has 0 saturated carbocycles. The molecule has 13 heavy (non-hydrogen) atoms. The Morgan fingerprint density at radius 3 is 2.31 bits per heavy atom. The second-order valence-corrected chi connectivity index (χ2v) is 2.86. The molecule has 76 valence electrons. The predicted octanol–water partition coefficient (Wildman–Crippen LogP) is 0.830. The number of hydrazine groups is 2. The van der Waals surface area contributed by atoms with Gasteiger partial charge in [0, 0.05) is 20.2 Å². The molecule has 0 heterocycles. The zero-order chi connectivity index (χ0) is 10.3. The first kappa shape index (κ1) is 12.1. The van der Waals surface area contributed by atoms with Gasteiger partial charge in [-0.3, -0.25) is 4.79 Å². The van der Waals surface area contributed by atoms with Crippen LogP contribution in [-0.2, 0) is 4.79 Å². The van der Waals surface area contributed by atoms with E-state index < -0.39 is 0 Å². The maximum Gasteiger partial charge on any atom is 0.275 e. The second kappa shape index (κ2) is 6.62. The molecule has 0 saturated heterocycles. The highest BCUT2D eigenvalue weighted by molar-refractivity contribution is 5.87. The molecule has 0 aromatic heterocycles. The van der Waals surface area contributed by atoms with Gasteiger partial charge in [-0.2, -0.15) is 0 Å². The summed E-state index contributed by atoms with van der Waals surface area (Å²) < 4.78 is 0. The van der Waals surface area contributed by atoms with Crippen LogP contribution in [0.4, 0.5) is 0 Å². The van der Waals surface area contributed by atoms with Crippen molar-refractivity contribution in [1.82, 2.24) is 16.0 Å². The Bertz CT molecular complexity index is 185. The van der Waals surface area contributed by atoms with Crippen LogP contribution in [0.1, 0.15) is 26.7 Å². The third-order valence-electron chi connectivity index (χ3n) is 1.68. The summed E-state index contributed by atoms with van der Waals surface area (Å²) in [5, 5.41) is 1.33. The number of carbonyl (C=O) groups is 1. The zero-order valence-electron chi connectivity index (χ0n) is 8.85. The fourth-order valence-corrected chi connectivity index (χ4v) is 1.07. The van der Waals surface area contributed by atoms with Crippen LogP contribution in [0.2, 0.25) is 0 Å². The fraction of sp³-hybridized carbons (Fsp3) is 0.667. The number of hydrogen-bond donors (Lipinski definition) is 2. The first-order chi connectivity index (χ1) is 6.15. The summed E-state index contributed by atoms with van der Waals surface area (Å²) in [6, 6.07) is 0. The molecular formula is C9H19N3O. The Labute approximate surface area is 79.9 Å². The smallest absolute Gasteiger partial charge is 0.267 e. The normalized spacial score (nSPS) is 11.5. The van der Waals surface area contributed by atoms with Gasteiger partial charge in [-0.05, 0) is 13.3 Å². The van der Waals surface area contributed by atoms with E-state index in [9.17, 15) is 4.79 Å². The van der Waals surface area contributed by atoms with Gasteiger partial charge in [0.15, 0.2) is 0 Å². The van der Waals surface area contributed by atoms with Gasteiger partial charge < -0.3 is 0 Å². The summed E-state index contributed by atoms with van der Waals surface area (Å²) in [5.74, 6) is -0.0732. The maximum absolute atomic E-state index is 11.4. The molecule has 0 aliphatic carbocycles. The van der Waals surface area contributed by atoms with Gasteiger partial charge in [0.25, 0.3) is 5.91 Å². The van der Waals surface area contributed by atoms with E-state index in [2.05, 4.69) is 17.8 Å². The largest absolute Gasteiger partial charge is 0.275 e. The molecule has 0 aliphatic heterocycles. The molecule has 0 rings (SSSR count). The molecule has 0 aromatic carbocycles. The van der Waals surface area contributed by atoms with Crippen molar-refractivity contribution >= 4 is 5.91 Å². The Balaban J connectivity index is 4.17. The summed E-state index contributed by atoms with van der Waals surface area (Å²) in [4.78, 5) is 11.4. The number of allylic oxidation sites excluding steroid dienone is 1. The lowest BCUT2D eigenvalue weighted by molar-refractivity contribution is -0.131. The molecule has 0 aliphatic rings. The fourth-order valence-electron chi connectivity index (χ4n) is 1.07. The Kier molecular flexibility index (Phi) is 6.18. The Morgan fingerprint density at radius 2 is 1.92 bits per heavy atom. The van der Waals surface area contributed by atoms with Gasteiger partial charge in [-0.1, -0.05) is 18.9 Å². The lowest BCUT2D eigenvalue weighted by Crippen LogP contribution is -2.47. The van der Waals surface area contributed by atoms with Crippen LogP contribution in [0.3, 0.4) is 0 Å². The third kappa shape index (κ3) is 4.65. The van der Waals surface area contributed by atoms with Crippen LogP contribution >= 0.6 is 0 Å². The first-order valence-electron chi connectivity index (χ1n) is 4.51. The highest BCUT2D eigenvalue weighted by Crippen LogP contribution is 2.02. The van der Waals surface area contributed by atoms with Gasteiger partial charge in [0.2, 0.25) is 0 Å². The van der Waals surface area contributed by atoms with Gasteiger partial charge >= 0.3 is 0 Å². The molecular weight excluding hydrogens is 166 g/mol. The monoisotopic (exact) mass is 185 g/mol. The first-order valence-corrected chi connectivity index (χ1v) is 4.51. The van der Waals surface area contributed by atoms with E-state index in [-0.39, 0.29) is 5.91 Å². The van der Waals surface area contributed by atoms with Crippen LogP contribution in [0, 0.1) is 0 Å². The lowest BCUT2D eigenvalue weighted by atomic mass is 10.1. The summed E-state index contributed by atoms with van der Waals surface area (Å²) in [5.41, 5.74) is 6.55. The Morgan fingerprint density at radius 1 is 1.38 bits per heavy atom. The third-order valence-corrected chi connectivity index (χ3v) is 1.68. The Hall–Kier alpha value is -0.870. The van der Waals surface area contributed by atoms with Crippen molar-refractivity contribution in [2.75, 3.05) is 14.1 Å². The number of hydrogen-bond acceptors (Lipinski definition) is 3. The van der Waals surface area contributed by atoms with Crippen molar-refractivity contribution in [3.8, 4) is 0 Å². The average molecular weight is 185 g/mol. The minimum Gasteiger partial charge on any atom is -0.267 e. The lowest BCUT2D eigenvalue weighted by Gasteiger charge is -2.17. The molecule has 0 radical (unpaired) electrons. The molecule has 0 fully saturated rings. The van der Waals surface area contributed by atoms with Crippen molar-refractivity contribution in [1.29, 1.82) is 0 Å². The van der Waals surface area contributed by atoms with Crippen LogP contribution in [0.5, 0.6) is 0 Å². The van der Waals surface area contributed by atoms with Gasteiger partial charge in [0.05, 0.1) is 0 Å². The summed E-state index contributed by atoms with van der Waals surface area (Å²) in [6.07, 6.45) is 3.66. The zero-order valence-corrected chi connectivity index (χ0v) is 8.85. The number of amides is 1. The highest BCUT2D eigenvalue weighted by Gasteiger charge is 2.05. The molecule has 4 heteroatoms. The molecule has 0 bridgehead atoms. The summed E-state index contributed by atoms with van der Waals surface area (Å²) >= 11 is 0. The molecule has 4 nitrogen and oxygen atoms in total. The predicted molar refractivity (Wildman–Crippen MR) is 53.6 cm³/mol. The van der Waals surface area contributed by atoms with Crippen LogP contribution in [0.15, 0.2) is 11.6 Å². The molecule has 0 unspecified atom stereocenters. The van der Waals surface area contributed by atoms with E-state index in [0.717, 1.165) is 18.4 Å². The van der Waals surface area contributed by atoms with Crippen molar-refractivity contribution in [3.63, 3.8) is 0 Å². The molecule has 0 atom stereocenters. The number of rotatable bonds is 5. The number of nitrogens with zero attached hydrogens (tertiary/aromatic N) is 1. The number of carbonyl (C=O) groups excluding carboxylic acids is 1. The van der Waals surface area contributed by atoms with E-state index in [0.29, 0.717) is 0 Å². The quantitative estimate of drug-likeness (QED) is 0.492. The SMILES string of the molecule is CCCC(C)=CC(=O)N(NC)NC. The molecule has 1 amide bonds. The van der Waals surface area contributed by atoms with E-state index in [4.69, 9.17) is 0 Å². The van der Waals surface area contributed by atoms with Crippen LogP contribution < -0.4 is 10.9 Å². The second-order valence-electron chi connectivity index (χ2n) is 2.86. The van der Waals surface area contributed by atoms with Crippen LogP contribution in [-0.4, -0.2) is 25.1 Å². The maximum atomic E-state index is 11.4. The summed E-state index contributed by atoms with van der Waals surface area (Å²) in [7, 11) is 3.38. The van der Waals surface area contributed by atoms with Crippen molar-refractivity contribution < 1.29 is 4.79 Å². The van der Waals surface area contributed by atoms with E-state index >= 15 is 0 Å². The minimum absolute atomic E-state index is 0.0732. The molecule has 0 aromatic rings. The topological polar surface area (TPSA) is 44.4 Å². The average Bonchev–Trinajstić information content (AvgIpc) is 2.06. The molecule has 0 spiro atoms. The highest BCUT2D eigenvalue weighted by atomic mass is 16.2. The van der Waals surface area contributed by atoms with Gasteiger partial charge in [-0.25, -0.2) is 16.0 Å². The summed E-state index contributed by atoms with van der Waals surface area (Å²) in [6.45, 7) is 4.06. The standard InChI is InChI=1S/C9H19N3O/c1-5-6-8(2)7-9(13)12(10-3)11-4/h7,10-11H,5-6H2,1-4H3. The van der Waals surface area contributed by atoms with Crippen molar-refractivity contribution in [2.45, 2.75) is 26.7 Å². The van der Waals surface area contributed by atoms with E-state index in [1.165, 1.54) is 5.12 Å². The van der Waals surface area contributed by atoms with E-state index in [1.54, 1.807) is 20.2 Å². The minimum atomic E-state index is -0.0732. The number of nitrogens with one attached hydrogen (secondary N) is 2.